The fourth-order valence-electron chi connectivity index (χ4n) is 1.83. The summed E-state index contributed by atoms with van der Waals surface area (Å²) in [6.07, 6.45) is 1.37. The van der Waals surface area contributed by atoms with Crippen molar-refractivity contribution >= 4 is 12.7 Å². The van der Waals surface area contributed by atoms with Crippen LogP contribution in [0.2, 0.25) is 0 Å². The van der Waals surface area contributed by atoms with Crippen LogP contribution in [0.1, 0.15) is 32.8 Å². The molecule has 1 rings (SSSR count). The molecule has 1 aromatic carbocycles. The Morgan fingerprint density at radius 1 is 1.17 bits per heavy atom. The lowest BCUT2D eigenvalue weighted by atomic mass is 9.98. The van der Waals surface area contributed by atoms with Crippen LogP contribution in [0.25, 0.3) is 0 Å². The molecular formula is C14H19NO3. The second kappa shape index (κ2) is 5.78. The van der Waals surface area contributed by atoms with Crippen molar-refractivity contribution in [1.29, 1.82) is 0 Å². The molecule has 4 heteroatoms. The Morgan fingerprint density at radius 3 is 2.22 bits per heavy atom. The summed E-state index contributed by atoms with van der Waals surface area (Å²) in [7, 11) is 0. The Balaban J connectivity index is 3.20. The molecule has 0 spiro atoms. The SMILES string of the molecule is CC(C)(C)O[C@](CC=O)(NC=O)c1ccccc1. The van der Waals surface area contributed by atoms with E-state index in [-0.39, 0.29) is 6.42 Å². The maximum Gasteiger partial charge on any atom is 0.209 e. The summed E-state index contributed by atoms with van der Waals surface area (Å²) in [6, 6.07) is 9.20. The number of nitrogens with one attached hydrogen (secondary N) is 1. The third kappa shape index (κ3) is 3.67. The van der Waals surface area contributed by atoms with Gasteiger partial charge in [-0.2, -0.15) is 0 Å². The number of hydrogen-bond donors (Lipinski definition) is 1. The molecule has 18 heavy (non-hydrogen) atoms. The van der Waals surface area contributed by atoms with Crippen molar-refractivity contribution < 1.29 is 14.3 Å². The predicted molar refractivity (Wildman–Crippen MR) is 68.8 cm³/mol. The lowest BCUT2D eigenvalue weighted by Crippen LogP contribution is -2.49. The average molecular weight is 249 g/mol. The lowest BCUT2D eigenvalue weighted by Gasteiger charge is -2.38. The predicted octanol–water partition coefficient (Wildman–Crippen LogP) is 1.99. The van der Waals surface area contributed by atoms with E-state index < -0.39 is 11.3 Å². The summed E-state index contributed by atoms with van der Waals surface area (Å²) in [5.41, 5.74) is -0.850. The summed E-state index contributed by atoms with van der Waals surface area (Å²) in [5, 5.41) is 2.64. The third-order valence-electron chi connectivity index (χ3n) is 2.38. The molecule has 0 bridgehead atoms. The number of amides is 1. The van der Waals surface area contributed by atoms with Crippen molar-refractivity contribution in [3.05, 3.63) is 35.9 Å². The Hall–Kier alpha value is -1.68. The van der Waals surface area contributed by atoms with E-state index in [2.05, 4.69) is 5.32 Å². The van der Waals surface area contributed by atoms with Gasteiger partial charge in [-0.3, -0.25) is 4.79 Å². The van der Waals surface area contributed by atoms with Crippen molar-refractivity contribution in [1.82, 2.24) is 5.32 Å². The monoisotopic (exact) mass is 249 g/mol. The highest BCUT2D eigenvalue weighted by Crippen LogP contribution is 2.30. The van der Waals surface area contributed by atoms with Gasteiger partial charge < -0.3 is 14.8 Å². The van der Waals surface area contributed by atoms with Gasteiger partial charge in [0.15, 0.2) is 5.72 Å². The standard InChI is InChI=1S/C14H19NO3/c1-13(2,3)18-14(9-10-16,15-11-17)12-7-5-4-6-8-12/h4-8,10-11H,9H2,1-3H3,(H,15,17)/t14-/m0/s1. The molecule has 1 aromatic rings. The quantitative estimate of drug-likeness (QED) is 0.619. The second-order valence-electron chi connectivity index (χ2n) is 5.04. The van der Waals surface area contributed by atoms with Gasteiger partial charge in [0.05, 0.1) is 12.0 Å². The minimum Gasteiger partial charge on any atom is -0.345 e. The molecule has 0 aromatic heterocycles. The fourth-order valence-corrected chi connectivity index (χ4v) is 1.83. The van der Waals surface area contributed by atoms with Crippen LogP contribution in [0.15, 0.2) is 30.3 Å². The maximum absolute atomic E-state index is 10.9. The van der Waals surface area contributed by atoms with E-state index in [9.17, 15) is 9.59 Å². The Labute approximate surface area is 107 Å². The first-order valence-electron chi connectivity index (χ1n) is 5.84. The molecule has 1 N–H and O–H groups in total. The van der Waals surface area contributed by atoms with Crippen LogP contribution in [0.3, 0.4) is 0 Å². The number of ether oxygens (including phenoxy) is 1. The van der Waals surface area contributed by atoms with Crippen molar-refractivity contribution in [3.8, 4) is 0 Å². The van der Waals surface area contributed by atoms with Crippen LogP contribution in [0, 0.1) is 0 Å². The minimum absolute atomic E-state index is 0.0625. The largest absolute Gasteiger partial charge is 0.345 e. The molecule has 0 saturated carbocycles. The summed E-state index contributed by atoms with van der Waals surface area (Å²) in [5.74, 6) is 0. The number of carbonyl (C=O) groups is 2. The number of carbonyl (C=O) groups excluding carboxylic acids is 2. The zero-order valence-corrected chi connectivity index (χ0v) is 11.0. The van der Waals surface area contributed by atoms with Crippen LogP contribution in [-0.4, -0.2) is 18.3 Å². The highest BCUT2D eigenvalue weighted by molar-refractivity contribution is 5.56. The molecule has 4 nitrogen and oxygen atoms in total. The summed E-state index contributed by atoms with van der Waals surface area (Å²) in [4.78, 5) is 21.8. The van der Waals surface area contributed by atoms with E-state index in [4.69, 9.17) is 4.74 Å². The number of rotatable bonds is 6. The molecule has 0 radical (unpaired) electrons. The van der Waals surface area contributed by atoms with Crippen LogP contribution in [0.5, 0.6) is 0 Å². The first-order valence-corrected chi connectivity index (χ1v) is 5.84. The van der Waals surface area contributed by atoms with Crippen molar-refractivity contribution in [3.63, 3.8) is 0 Å². The first-order chi connectivity index (χ1) is 8.43. The van der Waals surface area contributed by atoms with Crippen LogP contribution in [0.4, 0.5) is 0 Å². The Kier molecular flexibility index (Phi) is 4.62. The van der Waals surface area contributed by atoms with Crippen molar-refractivity contribution in [2.45, 2.75) is 38.5 Å². The number of benzene rings is 1. The van der Waals surface area contributed by atoms with Gasteiger partial charge in [-0.15, -0.1) is 0 Å². The molecule has 0 aliphatic heterocycles. The van der Waals surface area contributed by atoms with Gasteiger partial charge >= 0.3 is 0 Å². The van der Waals surface area contributed by atoms with E-state index >= 15 is 0 Å². The van der Waals surface area contributed by atoms with Crippen LogP contribution < -0.4 is 5.32 Å². The molecular weight excluding hydrogens is 230 g/mol. The van der Waals surface area contributed by atoms with Gasteiger partial charge in [-0.25, -0.2) is 0 Å². The lowest BCUT2D eigenvalue weighted by molar-refractivity contribution is -0.165. The van der Waals surface area contributed by atoms with E-state index in [0.717, 1.165) is 11.8 Å². The van der Waals surface area contributed by atoms with E-state index in [0.29, 0.717) is 6.41 Å². The van der Waals surface area contributed by atoms with E-state index in [1.165, 1.54) is 0 Å². The molecule has 1 atom stereocenters. The van der Waals surface area contributed by atoms with Gasteiger partial charge in [0.1, 0.15) is 6.29 Å². The van der Waals surface area contributed by atoms with Crippen molar-refractivity contribution in [2.75, 3.05) is 0 Å². The summed E-state index contributed by atoms with van der Waals surface area (Å²) >= 11 is 0. The summed E-state index contributed by atoms with van der Waals surface area (Å²) < 4.78 is 5.92. The van der Waals surface area contributed by atoms with Crippen molar-refractivity contribution in [2.24, 2.45) is 0 Å². The van der Waals surface area contributed by atoms with E-state index in [1.54, 1.807) is 0 Å². The number of hydrogen-bond acceptors (Lipinski definition) is 3. The highest BCUT2D eigenvalue weighted by atomic mass is 16.5. The van der Waals surface area contributed by atoms with Gasteiger partial charge in [-0.05, 0) is 20.8 Å². The topological polar surface area (TPSA) is 55.4 Å². The molecule has 0 aliphatic carbocycles. The molecule has 0 saturated heterocycles. The molecule has 0 aliphatic rings. The smallest absolute Gasteiger partial charge is 0.209 e. The fraction of sp³-hybridized carbons (Fsp3) is 0.429. The molecule has 0 heterocycles. The highest BCUT2D eigenvalue weighted by Gasteiger charge is 2.36. The maximum atomic E-state index is 10.9. The zero-order chi connectivity index (χ0) is 13.6. The second-order valence-corrected chi connectivity index (χ2v) is 5.04. The molecule has 0 unspecified atom stereocenters. The van der Waals surface area contributed by atoms with E-state index in [1.807, 2.05) is 51.1 Å². The average Bonchev–Trinajstić information content (AvgIpc) is 2.28. The van der Waals surface area contributed by atoms with Gasteiger partial charge in [0, 0.05) is 5.56 Å². The van der Waals surface area contributed by atoms with Crippen LogP contribution >= 0.6 is 0 Å². The Morgan fingerprint density at radius 2 is 1.78 bits per heavy atom. The zero-order valence-electron chi connectivity index (χ0n) is 11.0. The Bertz CT molecular complexity index is 385. The normalized spacial score (nSPS) is 14.6. The van der Waals surface area contributed by atoms with Gasteiger partial charge in [0.25, 0.3) is 0 Å². The molecule has 1 amide bonds. The van der Waals surface area contributed by atoms with Crippen LogP contribution in [-0.2, 0) is 20.1 Å². The summed E-state index contributed by atoms with van der Waals surface area (Å²) in [6.45, 7) is 5.63. The van der Waals surface area contributed by atoms with Gasteiger partial charge in [0.2, 0.25) is 6.41 Å². The number of aldehydes is 1. The minimum atomic E-state index is -1.11. The molecule has 98 valence electrons. The first kappa shape index (κ1) is 14.4. The third-order valence-corrected chi connectivity index (χ3v) is 2.38. The van der Waals surface area contributed by atoms with Gasteiger partial charge in [-0.1, -0.05) is 30.3 Å². The molecule has 0 fully saturated rings.